The SMILES string of the molecule is COc1ccc(-c2ccc(C)cc2)c(C(N)=O)c1. The topological polar surface area (TPSA) is 52.3 Å². The summed E-state index contributed by atoms with van der Waals surface area (Å²) in [5.41, 5.74) is 8.85. The third kappa shape index (κ3) is 2.35. The Morgan fingerprint density at radius 1 is 1.11 bits per heavy atom. The van der Waals surface area contributed by atoms with Crippen LogP contribution in [-0.2, 0) is 0 Å². The maximum atomic E-state index is 11.5. The average Bonchev–Trinajstić information content (AvgIpc) is 2.39. The summed E-state index contributed by atoms with van der Waals surface area (Å²) in [5, 5.41) is 0. The van der Waals surface area contributed by atoms with Crippen LogP contribution in [0.5, 0.6) is 5.75 Å². The van der Waals surface area contributed by atoms with Gasteiger partial charge in [0, 0.05) is 0 Å². The first kappa shape index (κ1) is 12.2. The van der Waals surface area contributed by atoms with Crippen molar-refractivity contribution in [2.75, 3.05) is 7.11 Å². The quantitative estimate of drug-likeness (QED) is 0.898. The molecule has 2 N–H and O–H groups in total. The molecule has 0 atom stereocenters. The molecule has 2 aromatic rings. The predicted octanol–water partition coefficient (Wildman–Crippen LogP) is 2.77. The van der Waals surface area contributed by atoms with Gasteiger partial charge in [-0.2, -0.15) is 0 Å². The molecular weight excluding hydrogens is 226 g/mol. The summed E-state index contributed by atoms with van der Waals surface area (Å²) < 4.78 is 5.11. The van der Waals surface area contributed by atoms with Crippen LogP contribution in [0.1, 0.15) is 15.9 Å². The lowest BCUT2D eigenvalue weighted by atomic mass is 9.98. The molecule has 0 aliphatic carbocycles. The number of hydrogen-bond donors (Lipinski definition) is 1. The number of primary amides is 1. The van der Waals surface area contributed by atoms with Gasteiger partial charge in [0.05, 0.1) is 12.7 Å². The van der Waals surface area contributed by atoms with Gasteiger partial charge in [0.1, 0.15) is 5.75 Å². The Morgan fingerprint density at radius 3 is 2.33 bits per heavy atom. The summed E-state index contributed by atoms with van der Waals surface area (Å²) in [7, 11) is 1.56. The zero-order valence-electron chi connectivity index (χ0n) is 10.4. The van der Waals surface area contributed by atoms with Crippen LogP contribution in [0.25, 0.3) is 11.1 Å². The van der Waals surface area contributed by atoms with E-state index in [1.165, 1.54) is 5.56 Å². The second-order valence-electron chi connectivity index (χ2n) is 4.14. The molecule has 0 spiro atoms. The van der Waals surface area contributed by atoms with E-state index in [1.54, 1.807) is 13.2 Å². The molecule has 0 unspecified atom stereocenters. The largest absolute Gasteiger partial charge is 0.497 e. The predicted molar refractivity (Wildman–Crippen MR) is 71.7 cm³/mol. The minimum Gasteiger partial charge on any atom is -0.497 e. The number of benzene rings is 2. The van der Waals surface area contributed by atoms with Gasteiger partial charge in [-0.3, -0.25) is 4.79 Å². The summed E-state index contributed by atoms with van der Waals surface area (Å²) in [6.07, 6.45) is 0. The van der Waals surface area contributed by atoms with Crippen LogP contribution < -0.4 is 10.5 Å². The molecule has 2 aromatic carbocycles. The Hall–Kier alpha value is -2.29. The lowest BCUT2D eigenvalue weighted by molar-refractivity contribution is 0.100. The Balaban J connectivity index is 2.56. The van der Waals surface area contributed by atoms with Gasteiger partial charge in [-0.15, -0.1) is 0 Å². The number of hydrogen-bond acceptors (Lipinski definition) is 2. The molecule has 3 nitrogen and oxygen atoms in total. The molecule has 0 fully saturated rings. The highest BCUT2D eigenvalue weighted by Crippen LogP contribution is 2.27. The molecule has 3 heteroatoms. The van der Waals surface area contributed by atoms with Crippen molar-refractivity contribution in [3.8, 4) is 16.9 Å². The van der Waals surface area contributed by atoms with Gasteiger partial charge in [0.15, 0.2) is 0 Å². The van der Waals surface area contributed by atoms with Crippen molar-refractivity contribution in [2.24, 2.45) is 5.73 Å². The van der Waals surface area contributed by atoms with Gasteiger partial charge in [-0.1, -0.05) is 29.8 Å². The van der Waals surface area contributed by atoms with E-state index >= 15 is 0 Å². The third-order valence-corrected chi connectivity index (χ3v) is 2.85. The van der Waals surface area contributed by atoms with Crippen molar-refractivity contribution in [1.29, 1.82) is 0 Å². The number of nitrogens with two attached hydrogens (primary N) is 1. The van der Waals surface area contributed by atoms with Gasteiger partial charge in [0.25, 0.3) is 0 Å². The monoisotopic (exact) mass is 241 g/mol. The average molecular weight is 241 g/mol. The maximum Gasteiger partial charge on any atom is 0.249 e. The van der Waals surface area contributed by atoms with Crippen molar-refractivity contribution in [2.45, 2.75) is 6.92 Å². The molecule has 18 heavy (non-hydrogen) atoms. The molecule has 0 bridgehead atoms. The van der Waals surface area contributed by atoms with Crippen LogP contribution in [0.2, 0.25) is 0 Å². The normalized spacial score (nSPS) is 10.1. The van der Waals surface area contributed by atoms with E-state index in [2.05, 4.69) is 0 Å². The lowest BCUT2D eigenvalue weighted by Gasteiger charge is -2.09. The number of amides is 1. The molecule has 0 saturated heterocycles. The Morgan fingerprint density at radius 2 is 1.78 bits per heavy atom. The Kier molecular flexibility index (Phi) is 3.33. The maximum absolute atomic E-state index is 11.5. The van der Waals surface area contributed by atoms with Crippen molar-refractivity contribution < 1.29 is 9.53 Å². The second-order valence-corrected chi connectivity index (χ2v) is 4.14. The van der Waals surface area contributed by atoms with E-state index in [9.17, 15) is 4.79 Å². The smallest absolute Gasteiger partial charge is 0.249 e. The summed E-state index contributed by atoms with van der Waals surface area (Å²) in [6, 6.07) is 13.3. The Bertz CT molecular complexity index is 574. The molecular formula is C15H15NO2. The number of aryl methyl sites for hydroxylation is 1. The van der Waals surface area contributed by atoms with E-state index in [1.807, 2.05) is 43.3 Å². The third-order valence-electron chi connectivity index (χ3n) is 2.85. The van der Waals surface area contributed by atoms with Gasteiger partial charge < -0.3 is 10.5 Å². The van der Waals surface area contributed by atoms with Gasteiger partial charge >= 0.3 is 0 Å². The highest BCUT2D eigenvalue weighted by Gasteiger charge is 2.11. The first-order valence-corrected chi connectivity index (χ1v) is 5.66. The van der Waals surface area contributed by atoms with E-state index in [0.717, 1.165) is 11.1 Å². The fourth-order valence-corrected chi connectivity index (χ4v) is 1.84. The first-order valence-electron chi connectivity index (χ1n) is 5.66. The lowest BCUT2D eigenvalue weighted by Crippen LogP contribution is -2.12. The molecule has 0 radical (unpaired) electrons. The molecule has 1 amide bonds. The van der Waals surface area contributed by atoms with Crippen molar-refractivity contribution in [1.82, 2.24) is 0 Å². The van der Waals surface area contributed by atoms with Crippen LogP contribution in [0.4, 0.5) is 0 Å². The highest BCUT2D eigenvalue weighted by molar-refractivity contribution is 6.00. The second kappa shape index (κ2) is 4.92. The van der Waals surface area contributed by atoms with Crippen molar-refractivity contribution in [3.05, 3.63) is 53.6 Å². The summed E-state index contributed by atoms with van der Waals surface area (Å²) in [4.78, 5) is 11.5. The van der Waals surface area contributed by atoms with Crippen LogP contribution in [-0.4, -0.2) is 13.0 Å². The minimum absolute atomic E-state index is 0.454. The van der Waals surface area contributed by atoms with Crippen LogP contribution >= 0.6 is 0 Å². The van der Waals surface area contributed by atoms with E-state index in [4.69, 9.17) is 10.5 Å². The first-order chi connectivity index (χ1) is 8.61. The van der Waals surface area contributed by atoms with Gasteiger partial charge in [-0.05, 0) is 36.2 Å². The number of carbonyl (C=O) groups is 1. The molecule has 0 aliphatic rings. The van der Waals surface area contributed by atoms with Crippen molar-refractivity contribution >= 4 is 5.91 Å². The van der Waals surface area contributed by atoms with E-state index in [-0.39, 0.29) is 0 Å². The van der Waals surface area contributed by atoms with E-state index in [0.29, 0.717) is 11.3 Å². The summed E-state index contributed by atoms with van der Waals surface area (Å²) in [6.45, 7) is 2.02. The molecule has 0 aromatic heterocycles. The highest BCUT2D eigenvalue weighted by atomic mass is 16.5. The number of rotatable bonds is 3. The molecule has 2 rings (SSSR count). The fraction of sp³-hybridized carbons (Fsp3) is 0.133. The molecule has 0 aliphatic heterocycles. The standard InChI is InChI=1S/C15H15NO2/c1-10-3-5-11(6-4-10)13-8-7-12(18-2)9-14(13)15(16)17/h3-9H,1-2H3,(H2,16,17). The fourth-order valence-electron chi connectivity index (χ4n) is 1.84. The minimum atomic E-state index is -0.454. The van der Waals surface area contributed by atoms with E-state index < -0.39 is 5.91 Å². The zero-order chi connectivity index (χ0) is 13.1. The number of methoxy groups -OCH3 is 1. The Labute approximate surface area is 106 Å². The van der Waals surface area contributed by atoms with Crippen LogP contribution in [0.15, 0.2) is 42.5 Å². The van der Waals surface area contributed by atoms with Crippen LogP contribution in [0.3, 0.4) is 0 Å². The van der Waals surface area contributed by atoms with Gasteiger partial charge in [-0.25, -0.2) is 0 Å². The summed E-state index contributed by atoms with van der Waals surface area (Å²) >= 11 is 0. The van der Waals surface area contributed by atoms with Gasteiger partial charge in [0.2, 0.25) is 5.91 Å². The molecule has 0 heterocycles. The number of ether oxygens (including phenoxy) is 1. The molecule has 92 valence electrons. The van der Waals surface area contributed by atoms with Crippen LogP contribution in [0, 0.1) is 6.92 Å². The summed E-state index contributed by atoms with van der Waals surface area (Å²) in [5.74, 6) is 0.170. The number of carbonyl (C=O) groups excluding carboxylic acids is 1. The zero-order valence-corrected chi connectivity index (χ0v) is 10.4. The van der Waals surface area contributed by atoms with Crippen molar-refractivity contribution in [3.63, 3.8) is 0 Å². The molecule has 0 saturated carbocycles.